The number of aliphatic imine (C=N–C) groups is 1. The minimum atomic E-state index is 0.197. The normalized spacial score (nSPS) is 18.1. The van der Waals surface area contributed by atoms with E-state index in [1.807, 2.05) is 12.1 Å². The summed E-state index contributed by atoms with van der Waals surface area (Å²) in [6, 6.07) is 8.22. The van der Waals surface area contributed by atoms with Crippen LogP contribution in [0.5, 0.6) is 5.75 Å². The van der Waals surface area contributed by atoms with Crippen LogP contribution >= 0.6 is 0 Å². The molecule has 1 aliphatic rings. The van der Waals surface area contributed by atoms with Gasteiger partial charge >= 0.3 is 0 Å². The van der Waals surface area contributed by atoms with Gasteiger partial charge in [0.25, 0.3) is 0 Å². The van der Waals surface area contributed by atoms with Crippen molar-refractivity contribution < 1.29 is 4.74 Å². The van der Waals surface area contributed by atoms with Crippen molar-refractivity contribution in [2.45, 2.75) is 25.9 Å². The van der Waals surface area contributed by atoms with Crippen molar-refractivity contribution in [3.8, 4) is 5.75 Å². The highest BCUT2D eigenvalue weighted by molar-refractivity contribution is 5.79. The third kappa shape index (κ3) is 3.15. The summed E-state index contributed by atoms with van der Waals surface area (Å²) in [4.78, 5) is 4.17. The molecule has 1 unspecified atom stereocenters. The molecule has 98 valence electrons. The van der Waals surface area contributed by atoms with Crippen LogP contribution in [0, 0.1) is 0 Å². The molecule has 0 bridgehead atoms. The summed E-state index contributed by atoms with van der Waals surface area (Å²) in [6.45, 7) is 3.85. The molecule has 0 amide bonds. The number of nitrogens with zero attached hydrogens (tertiary/aromatic N) is 1. The van der Waals surface area contributed by atoms with Gasteiger partial charge in [0.05, 0.1) is 6.54 Å². The Hall–Kier alpha value is -1.71. The molecule has 1 aromatic rings. The number of rotatable bonds is 4. The van der Waals surface area contributed by atoms with Gasteiger partial charge < -0.3 is 15.4 Å². The van der Waals surface area contributed by atoms with Gasteiger partial charge in [-0.3, -0.25) is 4.99 Å². The number of guanidine groups is 1. The monoisotopic (exact) mass is 247 g/mol. The van der Waals surface area contributed by atoms with E-state index in [-0.39, 0.29) is 6.10 Å². The standard InChI is InChI=1S/C14H21N3O/c1-3-8-16-14(15-2)17-10-12-9-11-6-4-5-7-13(11)18-12/h4-7,12H,3,8-10H2,1-2H3,(H2,15,16,17). The molecule has 1 heterocycles. The minimum Gasteiger partial charge on any atom is -0.488 e. The molecule has 18 heavy (non-hydrogen) atoms. The second-order valence-electron chi connectivity index (χ2n) is 4.43. The zero-order valence-corrected chi connectivity index (χ0v) is 11.1. The van der Waals surface area contributed by atoms with E-state index < -0.39 is 0 Å². The lowest BCUT2D eigenvalue weighted by Crippen LogP contribution is -2.42. The van der Waals surface area contributed by atoms with Crippen molar-refractivity contribution >= 4 is 5.96 Å². The Labute approximate surface area is 108 Å². The maximum Gasteiger partial charge on any atom is 0.191 e. The van der Waals surface area contributed by atoms with Crippen LogP contribution in [0.25, 0.3) is 0 Å². The van der Waals surface area contributed by atoms with Crippen molar-refractivity contribution in [3.63, 3.8) is 0 Å². The third-order valence-corrected chi connectivity index (χ3v) is 2.98. The van der Waals surface area contributed by atoms with Crippen LogP contribution in [-0.4, -0.2) is 32.2 Å². The Bertz CT molecular complexity index is 392. The summed E-state index contributed by atoms with van der Waals surface area (Å²) >= 11 is 0. The third-order valence-electron chi connectivity index (χ3n) is 2.98. The predicted molar refractivity (Wildman–Crippen MR) is 74.2 cm³/mol. The van der Waals surface area contributed by atoms with E-state index in [1.165, 1.54) is 5.56 Å². The van der Waals surface area contributed by atoms with Gasteiger partial charge in [0.15, 0.2) is 5.96 Å². The van der Waals surface area contributed by atoms with E-state index in [9.17, 15) is 0 Å². The van der Waals surface area contributed by atoms with Crippen molar-refractivity contribution in [1.82, 2.24) is 10.6 Å². The maximum atomic E-state index is 5.86. The van der Waals surface area contributed by atoms with Gasteiger partial charge in [-0.15, -0.1) is 0 Å². The van der Waals surface area contributed by atoms with E-state index in [0.29, 0.717) is 0 Å². The average Bonchev–Trinajstić information content (AvgIpc) is 2.81. The second-order valence-corrected chi connectivity index (χ2v) is 4.43. The number of ether oxygens (including phenoxy) is 1. The molecule has 1 atom stereocenters. The van der Waals surface area contributed by atoms with Gasteiger partial charge in [-0.25, -0.2) is 0 Å². The summed E-state index contributed by atoms with van der Waals surface area (Å²) in [5.74, 6) is 1.86. The van der Waals surface area contributed by atoms with Crippen LogP contribution in [0.3, 0.4) is 0 Å². The molecular weight excluding hydrogens is 226 g/mol. The van der Waals surface area contributed by atoms with Crippen molar-refractivity contribution in [2.75, 3.05) is 20.1 Å². The summed E-state index contributed by atoms with van der Waals surface area (Å²) < 4.78 is 5.86. The lowest BCUT2D eigenvalue weighted by atomic mass is 10.1. The molecule has 0 aliphatic carbocycles. The summed E-state index contributed by atoms with van der Waals surface area (Å²) in [5, 5.41) is 6.54. The van der Waals surface area contributed by atoms with E-state index >= 15 is 0 Å². The van der Waals surface area contributed by atoms with E-state index in [2.05, 4.69) is 34.7 Å². The van der Waals surface area contributed by atoms with Gasteiger partial charge in [0, 0.05) is 20.0 Å². The molecule has 0 fully saturated rings. The van der Waals surface area contributed by atoms with Crippen LogP contribution in [0.1, 0.15) is 18.9 Å². The van der Waals surface area contributed by atoms with Crippen molar-refractivity contribution in [2.24, 2.45) is 4.99 Å². The van der Waals surface area contributed by atoms with Crippen LogP contribution in [-0.2, 0) is 6.42 Å². The fourth-order valence-corrected chi connectivity index (χ4v) is 2.04. The number of hydrogen-bond donors (Lipinski definition) is 2. The molecule has 0 saturated carbocycles. The average molecular weight is 247 g/mol. The number of para-hydroxylation sites is 1. The first-order valence-electron chi connectivity index (χ1n) is 6.52. The Kier molecular flexibility index (Phi) is 4.45. The Morgan fingerprint density at radius 2 is 2.22 bits per heavy atom. The van der Waals surface area contributed by atoms with Gasteiger partial charge in [-0.05, 0) is 18.1 Å². The lowest BCUT2D eigenvalue weighted by molar-refractivity contribution is 0.235. The first-order chi connectivity index (χ1) is 8.83. The van der Waals surface area contributed by atoms with Gasteiger partial charge in [-0.1, -0.05) is 25.1 Å². The number of fused-ring (bicyclic) bond motifs is 1. The summed E-state index contributed by atoms with van der Waals surface area (Å²) in [7, 11) is 1.79. The van der Waals surface area contributed by atoms with Crippen molar-refractivity contribution in [1.29, 1.82) is 0 Å². The number of hydrogen-bond acceptors (Lipinski definition) is 2. The van der Waals surface area contributed by atoms with Crippen LogP contribution in [0.15, 0.2) is 29.3 Å². The molecule has 4 heteroatoms. The van der Waals surface area contributed by atoms with E-state index in [4.69, 9.17) is 4.74 Å². The van der Waals surface area contributed by atoms with Gasteiger partial charge in [-0.2, -0.15) is 0 Å². The molecule has 1 aliphatic heterocycles. The largest absolute Gasteiger partial charge is 0.488 e. The first kappa shape index (κ1) is 12.7. The van der Waals surface area contributed by atoms with Crippen LogP contribution in [0.2, 0.25) is 0 Å². The highest BCUT2D eigenvalue weighted by Gasteiger charge is 2.22. The van der Waals surface area contributed by atoms with Crippen LogP contribution in [0.4, 0.5) is 0 Å². The predicted octanol–water partition coefficient (Wildman–Crippen LogP) is 1.57. The van der Waals surface area contributed by atoms with Gasteiger partial charge in [0.2, 0.25) is 0 Å². The number of nitrogens with one attached hydrogen (secondary N) is 2. The highest BCUT2D eigenvalue weighted by atomic mass is 16.5. The number of benzene rings is 1. The highest BCUT2D eigenvalue weighted by Crippen LogP contribution is 2.27. The molecule has 4 nitrogen and oxygen atoms in total. The molecule has 0 saturated heterocycles. The minimum absolute atomic E-state index is 0.197. The lowest BCUT2D eigenvalue weighted by Gasteiger charge is -2.15. The van der Waals surface area contributed by atoms with Gasteiger partial charge in [0.1, 0.15) is 11.9 Å². The summed E-state index contributed by atoms with van der Waals surface area (Å²) in [5.41, 5.74) is 1.29. The second kappa shape index (κ2) is 6.28. The molecule has 1 aromatic carbocycles. The molecule has 0 aromatic heterocycles. The smallest absolute Gasteiger partial charge is 0.191 e. The quantitative estimate of drug-likeness (QED) is 0.627. The molecule has 0 spiro atoms. The zero-order valence-electron chi connectivity index (χ0n) is 11.1. The molecule has 2 N–H and O–H groups in total. The fourth-order valence-electron chi connectivity index (χ4n) is 2.04. The van der Waals surface area contributed by atoms with Crippen molar-refractivity contribution in [3.05, 3.63) is 29.8 Å². The Balaban J connectivity index is 1.79. The molecular formula is C14H21N3O. The molecule has 0 radical (unpaired) electrons. The van der Waals surface area contributed by atoms with Crippen LogP contribution < -0.4 is 15.4 Å². The zero-order chi connectivity index (χ0) is 12.8. The SMILES string of the molecule is CCCNC(=NC)NCC1Cc2ccccc2O1. The molecule has 2 rings (SSSR count). The fraction of sp³-hybridized carbons (Fsp3) is 0.500. The van der Waals surface area contributed by atoms with E-state index in [1.54, 1.807) is 7.05 Å². The maximum absolute atomic E-state index is 5.86. The van der Waals surface area contributed by atoms with E-state index in [0.717, 1.165) is 37.6 Å². The Morgan fingerprint density at radius 3 is 2.94 bits per heavy atom. The topological polar surface area (TPSA) is 45.7 Å². The first-order valence-corrected chi connectivity index (χ1v) is 6.52. The summed E-state index contributed by atoms with van der Waals surface area (Å²) in [6.07, 6.45) is 2.25. The Morgan fingerprint density at radius 1 is 1.39 bits per heavy atom.